The van der Waals surface area contributed by atoms with Gasteiger partial charge in [-0.25, -0.2) is 4.98 Å². The molecule has 2 amide bonds. The summed E-state index contributed by atoms with van der Waals surface area (Å²) < 4.78 is 1.95. The summed E-state index contributed by atoms with van der Waals surface area (Å²) in [5, 5.41) is 6.13. The van der Waals surface area contributed by atoms with E-state index >= 15 is 0 Å². The first-order valence-corrected chi connectivity index (χ1v) is 10.9. The number of carbonyl (C=O) groups is 2. The third-order valence-corrected chi connectivity index (χ3v) is 6.01. The summed E-state index contributed by atoms with van der Waals surface area (Å²) in [6, 6.07) is 8.31. The average molecular weight is 395 g/mol. The fourth-order valence-electron chi connectivity index (χ4n) is 4.48. The molecule has 1 saturated carbocycles. The minimum atomic E-state index is -0.216. The van der Waals surface area contributed by atoms with Crippen LogP contribution in [0.2, 0.25) is 0 Å². The van der Waals surface area contributed by atoms with Crippen molar-refractivity contribution in [3.05, 3.63) is 52.6 Å². The number of nitrogens with zero attached hydrogens (tertiary/aromatic N) is 2. The maximum absolute atomic E-state index is 12.9. The van der Waals surface area contributed by atoms with E-state index < -0.39 is 0 Å². The van der Waals surface area contributed by atoms with E-state index in [2.05, 4.69) is 21.7 Å². The fourth-order valence-corrected chi connectivity index (χ4v) is 4.48. The highest BCUT2D eigenvalue weighted by atomic mass is 16.2. The molecule has 0 radical (unpaired) electrons. The summed E-state index contributed by atoms with van der Waals surface area (Å²) in [6.45, 7) is 3.23. The van der Waals surface area contributed by atoms with Crippen molar-refractivity contribution in [2.75, 3.05) is 0 Å². The molecule has 1 aliphatic carbocycles. The molecular formula is C23H30N4O2. The molecule has 1 aromatic carbocycles. The van der Waals surface area contributed by atoms with Gasteiger partial charge < -0.3 is 15.2 Å². The number of hydrogen-bond donors (Lipinski definition) is 2. The van der Waals surface area contributed by atoms with Crippen LogP contribution in [-0.2, 0) is 19.5 Å². The molecule has 6 nitrogen and oxygen atoms in total. The molecule has 2 aliphatic rings. The molecule has 154 valence electrons. The van der Waals surface area contributed by atoms with Crippen LogP contribution in [0.4, 0.5) is 0 Å². The Balaban J connectivity index is 1.50. The normalized spacial score (nSPS) is 16.9. The Bertz CT molecular complexity index is 896. The Morgan fingerprint density at radius 1 is 1.10 bits per heavy atom. The van der Waals surface area contributed by atoms with Gasteiger partial charge in [0.1, 0.15) is 5.69 Å². The number of amides is 2. The highest BCUT2D eigenvalue weighted by Gasteiger charge is 2.28. The van der Waals surface area contributed by atoms with Crippen LogP contribution in [0, 0.1) is 6.92 Å². The van der Waals surface area contributed by atoms with Crippen LogP contribution in [0.15, 0.2) is 24.3 Å². The molecule has 6 heteroatoms. The number of fused-ring (bicyclic) bond motifs is 1. The molecule has 2 heterocycles. The minimum Gasteiger partial charge on any atom is -0.348 e. The largest absolute Gasteiger partial charge is 0.348 e. The van der Waals surface area contributed by atoms with Crippen molar-refractivity contribution in [3.63, 3.8) is 0 Å². The van der Waals surface area contributed by atoms with E-state index in [-0.39, 0.29) is 17.9 Å². The van der Waals surface area contributed by atoms with Crippen molar-refractivity contribution in [1.82, 2.24) is 20.2 Å². The van der Waals surface area contributed by atoms with Crippen LogP contribution >= 0.6 is 0 Å². The van der Waals surface area contributed by atoms with Gasteiger partial charge >= 0.3 is 0 Å². The molecule has 1 aliphatic heterocycles. The molecule has 2 aromatic rings. The van der Waals surface area contributed by atoms with Crippen LogP contribution in [0.1, 0.15) is 82.9 Å². The summed E-state index contributed by atoms with van der Waals surface area (Å²) in [5.74, 6) is 0.0211. The maximum Gasteiger partial charge on any atom is 0.287 e. The quantitative estimate of drug-likeness (QED) is 0.815. The predicted octanol–water partition coefficient (Wildman–Crippen LogP) is 3.52. The number of carbonyl (C=O) groups excluding carboxylic acids is 2. The predicted molar refractivity (Wildman–Crippen MR) is 112 cm³/mol. The Labute approximate surface area is 172 Å². The molecule has 0 spiro atoms. The Hall–Kier alpha value is -2.63. The number of benzene rings is 1. The lowest BCUT2D eigenvalue weighted by Crippen LogP contribution is -2.37. The summed E-state index contributed by atoms with van der Waals surface area (Å²) in [4.78, 5) is 30.3. The van der Waals surface area contributed by atoms with Gasteiger partial charge in [-0.05, 0) is 44.6 Å². The van der Waals surface area contributed by atoms with E-state index in [4.69, 9.17) is 0 Å². The number of imidazole rings is 1. The molecule has 2 N–H and O–H groups in total. The number of hydrogen-bond acceptors (Lipinski definition) is 3. The zero-order valence-electron chi connectivity index (χ0n) is 17.2. The molecule has 0 atom stereocenters. The van der Waals surface area contributed by atoms with Gasteiger partial charge in [-0.15, -0.1) is 0 Å². The van der Waals surface area contributed by atoms with Crippen LogP contribution in [0.3, 0.4) is 0 Å². The first kappa shape index (κ1) is 19.7. The molecule has 1 aromatic heterocycles. The highest BCUT2D eigenvalue weighted by molar-refractivity contribution is 5.97. The van der Waals surface area contributed by atoms with Crippen molar-refractivity contribution in [3.8, 4) is 0 Å². The Morgan fingerprint density at radius 2 is 1.93 bits per heavy atom. The second kappa shape index (κ2) is 8.80. The number of nitrogens with one attached hydrogen (secondary N) is 2. The number of aromatic nitrogens is 2. The molecule has 4 rings (SSSR count). The summed E-state index contributed by atoms with van der Waals surface area (Å²) in [5.41, 5.74) is 3.57. The van der Waals surface area contributed by atoms with E-state index in [1.54, 1.807) is 0 Å². The van der Waals surface area contributed by atoms with E-state index in [9.17, 15) is 9.59 Å². The van der Waals surface area contributed by atoms with Gasteiger partial charge in [0.25, 0.3) is 11.8 Å². The zero-order chi connectivity index (χ0) is 20.2. The van der Waals surface area contributed by atoms with Gasteiger partial charge in [-0.2, -0.15) is 0 Å². The molecule has 29 heavy (non-hydrogen) atoms. The smallest absolute Gasteiger partial charge is 0.287 e. The summed E-state index contributed by atoms with van der Waals surface area (Å²) in [6.07, 6.45) is 8.48. The fraction of sp³-hybridized carbons (Fsp3) is 0.522. The van der Waals surface area contributed by atoms with Crippen molar-refractivity contribution in [1.29, 1.82) is 0 Å². The topological polar surface area (TPSA) is 76.0 Å². The van der Waals surface area contributed by atoms with Crippen molar-refractivity contribution < 1.29 is 9.59 Å². The van der Waals surface area contributed by atoms with Gasteiger partial charge in [-0.1, -0.05) is 49.1 Å². The van der Waals surface area contributed by atoms with Gasteiger partial charge in [-0.3, -0.25) is 9.59 Å². The third kappa shape index (κ3) is 4.52. The lowest BCUT2D eigenvalue weighted by Gasteiger charge is -2.23. The molecule has 1 fully saturated rings. The Morgan fingerprint density at radius 3 is 2.72 bits per heavy atom. The molecular weight excluding hydrogens is 364 g/mol. The molecule has 0 saturated heterocycles. The number of rotatable bonds is 5. The average Bonchev–Trinajstić information content (AvgIpc) is 3.13. The van der Waals surface area contributed by atoms with Gasteiger partial charge in [0.05, 0.1) is 5.69 Å². The van der Waals surface area contributed by atoms with E-state index in [1.165, 1.54) is 19.3 Å². The zero-order valence-corrected chi connectivity index (χ0v) is 17.2. The monoisotopic (exact) mass is 394 g/mol. The van der Waals surface area contributed by atoms with Gasteiger partial charge in [0.15, 0.2) is 5.82 Å². The number of aryl methyl sites for hydroxylation is 1. The highest BCUT2D eigenvalue weighted by Crippen LogP contribution is 2.23. The lowest BCUT2D eigenvalue weighted by molar-refractivity contribution is 0.0921. The van der Waals surface area contributed by atoms with Crippen LogP contribution in [-0.4, -0.2) is 27.4 Å². The second-order valence-corrected chi connectivity index (χ2v) is 8.32. The minimum absolute atomic E-state index is 0.125. The maximum atomic E-state index is 12.9. The van der Waals surface area contributed by atoms with E-state index in [0.29, 0.717) is 18.1 Å². The SMILES string of the molecule is Cc1cccc(CNC(=O)c2nc(C(=O)NC3CCCCC3)c3n2CCCC3)c1. The first-order valence-electron chi connectivity index (χ1n) is 10.9. The third-order valence-electron chi connectivity index (χ3n) is 6.01. The molecule has 0 bridgehead atoms. The van der Waals surface area contributed by atoms with Crippen LogP contribution < -0.4 is 10.6 Å². The van der Waals surface area contributed by atoms with Gasteiger partial charge in [0, 0.05) is 19.1 Å². The Kier molecular flexibility index (Phi) is 5.97. The summed E-state index contributed by atoms with van der Waals surface area (Å²) in [7, 11) is 0. The lowest BCUT2D eigenvalue weighted by atomic mass is 9.95. The van der Waals surface area contributed by atoms with E-state index in [0.717, 1.165) is 55.5 Å². The van der Waals surface area contributed by atoms with Crippen molar-refractivity contribution >= 4 is 11.8 Å². The second-order valence-electron chi connectivity index (χ2n) is 8.32. The van der Waals surface area contributed by atoms with Crippen LogP contribution in [0.25, 0.3) is 0 Å². The van der Waals surface area contributed by atoms with Crippen molar-refractivity contribution in [2.45, 2.75) is 77.4 Å². The summed E-state index contributed by atoms with van der Waals surface area (Å²) >= 11 is 0. The first-order chi connectivity index (χ1) is 14.1. The van der Waals surface area contributed by atoms with E-state index in [1.807, 2.05) is 29.7 Å². The van der Waals surface area contributed by atoms with Crippen molar-refractivity contribution in [2.24, 2.45) is 0 Å². The van der Waals surface area contributed by atoms with Gasteiger partial charge in [0.2, 0.25) is 0 Å². The molecule has 0 unspecified atom stereocenters. The standard InChI is InChI=1S/C23H30N4O2/c1-16-8-7-9-17(14-16)15-24-23(29)21-26-20(19-12-5-6-13-27(19)21)22(28)25-18-10-3-2-4-11-18/h7-9,14,18H,2-6,10-13,15H2,1H3,(H,24,29)(H,25,28). The van der Waals surface area contributed by atoms with Crippen LogP contribution in [0.5, 0.6) is 0 Å².